The highest BCUT2D eigenvalue weighted by atomic mass is 35.5. The molecule has 0 saturated carbocycles. The maximum absolute atomic E-state index is 10.4. The molecular weight excluding hydrogens is 266 g/mol. The standard InChI is InChI=1S/C14H12ClNO3/c15-11-3-1-2-10(8-11)9-19-13-6-4-12(5-7-13)16-14(17)18/h1-8,16H,9H2,(H,17,18). The Hall–Kier alpha value is -2.20. The predicted molar refractivity (Wildman–Crippen MR) is 73.9 cm³/mol. The topological polar surface area (TPSA) is 58.6 Å². The molecule has 0 spiro atoms. The van der Waals surface area contributed by atoms with Crippen LogP contribution in [-0.4, -0.2) is 11.2 Å². The molecule has 0 radical (unpaired) electrons. The van der Waals surface area contributed by atoms with E-state index < -0.39 is 6.09 Å². The van der Waals surface area contributed by atoms with E-state index in [0.717, 1.165) is 5.56 Å². The van der Waals surface area contributed by atoms with Crippen molar-refractivity contribution in [2.24, 2.45) is 0 Å². The molecule has 4 nitrogen and oxygen atoms in total. The van der Waals surface area contributed by atoms with Crippen molar-refractivity contribution in [2.45, 2.75) is 6.61 Å². The average Bonchev–Trinajstić information content (AvgIpc) is 2.37. The van der Waals surface area contributed by atoms with E-state index in [0.29, 0.717) is 23.1 Å². The van der Waals surface area contributed by atoms with E-state index >= 15 is 0 Å². The molecule has 19 heavy (non-hydrogen) atoms. The van der Waals surface area contributed by atoms with Crippen LogP contribution < -0.4 is 10.1 Å². The Morgan fingerprint density at radius 1 is 1.21 bits per heavy atom. The maximum atomic E-state index is 10.4. The van der Waals surface area contributed by atoms with E-state index in [-0.39, 0.29) is 0 Å². The molecular formula is C14H12ClNO3. The molecule has 0 aliphatic heterocycles. The van der Waals surface area contributed by atoms with Gasteiger partial charge in [0.1, 0.15) is 12.4 Å². The quantitative estimate of drug-likeness (QED) is 0.888. The number of carboxylic acid groups (broad SMARTS) is 1. The zero-order chi connectivity index (χ0) is 13.7. The van der Waals surface area contributed by atoms with Gasteiger partial charge in [0, 0.05) is 10.7 Å². The van der Waals surface area contributed by atoms with Gasteiger partial charge in [-0.05, 0) is 42.0 Å². The summed E-state index contributed by atoms with van der Waals surface area (Å²) in [6.45, 7) is 0.409. The number of rotatable bonds is 4. The van der Waals surface area contributed by atoms with Gasteiger partial charge < -0.3 is 9.84 Å². The van der Waals surface area contributed by atoms with Crippen LogP contribution in [0.25, 0.3) is 0 Å². The summed E-state index contributed by atoms with van der Waals surface area (Å²) in [6.07, 6.45) is -1.09. The summed E-state index contributed by atoms with van der Waals surface area (Å²) < 4.78 is 5.57. The monoisotopic (exact) mass is 277 g/mol. The second-order valence-corrected chi connectivity index (χ2v) is 4.31. The van der Waals surface area contributed by atoms with Gasteiger partial charge in [-0.3, -0.25) is 5.32 Å². The number of hydrogen-bond donors (Lipinski definition) is 2. The Kier molecular flexibility index (Phi) is 4.26. The third kappa shape index (κ3) is 4.19. The molecule has 0 aliphatic rings. The molecule has 2 aromatic rings. The van der Waals surface area contributed by atoms with Gasteiger partial charge in [-0.15, -0.1) is 0 Å². The normalized spacial score (nSPS) is 9.95. The lowest BCUT2D eigenvalue weighted by Crippen LogP contribution is -2.06. The second kappa shape index (κ2) is 6.11. The first kappa shape index (κ1) is 13.2. The van der Waals surface area contributed by atoms with Gasteiger partial charge in [-0.1, -0.05) is 23.7 Å². The summed E-state index contributed by atoms with van der Waals surface area (Å²) in [4.78, 5) is 10.4. The molecule has 0 fully saturated rings. The minimum Gasteiger partial charge on any atom is -0.489 e. The van der Waals surface area contributed by atoms with E-state index in [4.69, 9.17) is 21.4 Å². The van der Waals surface area contributed by atoms with Crippen molar-refractivity contribution in [3.8, 4) is 5.75 Å². The number of anilines is 1. The number of ether oxygens (including phenoxy) is 1. The minimum absolute atomic E-state index is 0.409. The number of amides is 1. The zero-order valence-electron chi connectivity index (χ0n) is 9.97. The Morgan fingerprint density at radius 3 is 2.58 bits per heavy atom. The lowest BCUT2D eigenvalue weighted by molar-refractivity contribution is 0.209. The smallest absolute Gasteiger partial charge is 0.409 e. The van der Waals surface area contributed by atoms with Crippen LogP contribution in [-0.2, 0) is 6.61 Å². The number of nitrogens with one attached hydrogen (secondary N) is 1. The molecule has 2 aromatic carbocycles. The van der Waals surface area contributed by atoms with Crippen LogP contribution in [0, 0.1) is 0 Å². The molecule has 98 valence electrons. The average molecular weight is 278 g/mol. The first-order valence-electron chi connectivity index (χ1n) is 5.61. The molecule has 0 saturated heterocycles. The summed E-state index contributed by atoms with van der Waals surface area (Å²) in [5.41, 5.74) is 1.47. The Balaban J connectivity index is 1.94. The maximum Gasteiger partial charge on any atom is 0.409 e. The number of carbonyl (C=O) groups is 1. The molecule has 0 aromatic heterocycles. The molecule has 2 N–H and O–H groups in total. The minimum atomic E-state index is -1.09. The Bertz CT molecular complexity index is 569. The fourth-order valence-electron chi connectivity index (χ4n) is 1.55. The van der Waals surface area contributed by atoms with Gasteiger partial charge in [0.15, 0.2) is 0 Å². The highest BCUT2D eigenvalue weighted by Crippen LogP contribution is 2.18. The van der Waals surface area contributed by atoms with Crippen molar-refractivity contribution < 1.29 is 14.6 Å². The molecule has 0 atom stereocenters. The summed E-state index contributed by atoms with van der Waals surface area (Å²) in [7, 11) is 0. The van der Waals surface area contributed by atoms with Crippen LogP contribution in [0.3, 0.4) is 0 Å². The second-order valence-electron chi connectivity index (χ2n) is 3.87. The fourth-order valence-corrected chi connectivity index (χ4v) is 1.76. The highest BCUT2D eigenvalue weighted by Gasteiger charge is 2.00. The SMILES string of the molecule is O=C(O)Nc1ccc(OCc2cccc(Cl)c2)cc1. The fraction of sp³-hybridized carbons (Fsp3) is 0.0714. The van der Waals surface area contributed by atoms with E-state index in [2.05, 4.69) is 5.32 Å². The predicted octanol–water partition coefficient (Wildman–Crippen LogP) is 4.01. The summed E-state index contributed by atoms with van der Waals surface area (Å²) in [6, 6.07) is 14.1. The molecule has 0 aliphatic carbocycles. The van der Waals surface area contributed by atoms with E-state index in [1.54, 1.807) is 30.3 Å². The van der Waals surface area contributed by atoms with Crippen LogP contribution >= 0.6 is 11.6 Å². The van der Waals surface area contributed by atoms with Crippen molar-refractivity contribution in [1.29, 1.82) is 0 Å². The van der Waals surface area contributed by atoms with Crippen LogP contribution in [0.5, 0.6) is 5.75 Å². The van der Waals surface area contributed by atoms with Crippen molar-refractivity contribution in [3.63, 3.8) is 0 Å². The van der Waals surface area contributed by atoms with Crippen molar-refractivity contribution >= 4 is 23.4 Å². The van der Waals surface area contributed by atoms with Crippen molar-refractivity contribution in [3.05, 3.63) is 59.1 Å². The van der Waals surface area contributed by atoms with E-state index in [1.165, 1.54) is 0 Å². The summed E-state index contributed by atoms with van der Waals surface area (Å²) in [5.74, 6) is 0.663. The first-order chi connectivity index (χ1) is 9.13. The largest absolute Gasteiger partial charge is 0.489 e. The first-order valence-corrected chi connectivity index (χ1v) is 5.98. The number of halogens is 1. The molecule has 1 amide bonds. The van der Waals surface area contributed by atoms with Crippen LogP contribution in [0.4, 0.5) is 10.5 Å². The highest BCUT2D eigenvalue weighted by molar-refractivity contribution is 6.30. The number of benzene rings is 2. The van der Waals surface area contributed by atoms with E-state index in [1.807, 2.05) is 18.2 Å². The van der Waals surface area contributed by atoms with Crippen LogP contribution in [0.2, 0.25) is 5.02 Å². The van der Waals surface area contributed by atoms with Gasteiger partial charge in [0.2, 0.25) is 0 Å². The van der Waals surface area contributed by atoms with Gasteiger partial charge in [0.25, 0.3) is 0 Å². The Labute approximate surface area is 115 Å². The molecule has 0 heterocycles. The molecule has 0 unspecified atom stereocenters. The molecule has 0 bridgehead atoms. The van der Waals surface area contributed by atoms with Crippen molar-refractivity contribution in [2.75, 3.05) is 5.32 Å². The Morgan fingerprint density at radius 2 is 1.95 bits per heavy atom. The molecule has 2 rings (SSSR count). The van der Waals surface area contributed by atoms with Gasteiger partial charge in [0.05, 0.1) is 0 Å². The number of hydrogen-bond acceptors (Lipinski definition) is 2. The van der Waals surface area contributed by atoms with Gasteiger partial charge >= 0.3 is 6.09 Å². The lowest BCUT2D eigenvalue weighted by Gasteiger charge is -2.07. The van der Waals surface area contributed by atoms with Crippen LogP contribution in [0.15, 0.2) is 48.5 Å². The third-order valence-electron chi connectivity index (χ3n) is 2.40. The van der Waals surface area contributed by atoms with E-state index in [9.17, 15) is 4.79 Å². The third-order valence-corrected chi connectivity index (χ3v) is 2.64. The molecule has 5 heteroatoms. The summed E-state index contributed by atoms with van der Waals surface area (Å²) in [5, 5.41) is 11.5. The van der Waals surface area contributed by atoms with Gasteiger partial charge in [-0.2, -0.15) is 0 Å². The lowest BCUT2D eigenvalue weighted by atomic mass is 10.2. The van der Waals surface area contributed by atoms with Gasteiger partial charge in [-0.25, -0.2) is 4.79 Å². The van der Waals surface area contributed by atoms with Crippen LogP contribution in [0.1, 0.15) is 5.56 Å². The summed E-state index contributed by atoms with van der Waals surface area (Å²) >= 11 is 5.88. The van der Waals surface area contributed by atoms with Crippen molar-refractivity contribution in [1.82, 2.24) is 0 Å². The zero-order valence-corrected chi connectivity index (χ0v) is 10.7.